The van der Waals surface area contributed by atoms with Gasteiger partial charge in [0.15, 0.2) is 0 Å². The van der Waals surface area contributed by atoms with Gasteiger partial charge in [-0.3, -0.25) is 4.79 Å². The van der Waals surface area contributed by atoms with Gasteiger partial charge in [-0.05, 0) is 6.42 Å². The van der Waals surface area contributed by atoms with Crippen LogP contribution >= 0.6 is 0 Å². The fourth-order valence-corrected chi connectivity index (χ4v) is 0.996. The molecule has 0 atom stereocenters. The summed E-state index contributed by atoms with van der Waals surface area (Å²) in [7, 11) is 0. The van der Waals surface area contributed by atoms with Crippen molar-refractivity contribution in [3.63, 3.8) is 0 Å². The summed E-state index contributed by atoms with van der Waals surface area (Å²) in [6, 6.07) is 0. The first kappa shape index (κ1) is 11.4. The summed E-state index contributed by atoms with van der Waals surface area (Å²) in [5, 5.41) is 11.0. The summed E-state index contributed by atoms with van der Waals surface area (Å²) < 4.78 is 0. The first-order valence-electron chi connectivity index (χ1n) is 4.68. The van der Waals surface area contributed by atoms with Gasteiger partial charge in [-0.25, -0.2) is 0 Å². The molecule has 3 heteroatoms. The van der Waals surface area contributed by atoms with Crippen molar-refractivity contribution in [2.75, 3.05) is 13.2 Å². The van der Waals surface area contributed by atoms with Crippen LogP contribution in [0.2, 0.25) is 0 Å². The Hall–Kier alpha value is -0.570. The summed E-state index contributed by atoms with van der Waals surface area (Å²) in [5.41, 5.74) is 0. The Bertz CT molecular complexity index is 115. The Kier molecular flexibility index (Phi) is 8.12. The number of unbranched alkanes of at least 4 members (excludes halogenated alkanes) is 3. The monoisotopic (exact) mass is 173 g/mol. The van der Waals surface area contributed by atoms with Crippen molar-refractivity contribution in [2.45, 2.75) is 39.0 Å². The van der Waals surface area contributed by atoms with Gasteiger partial charge in [-0.1, -0.05) is 26.2 Å². The van der Waals surface area contributed by atoms with Crippen LogP contribution in [-0.4, -0.2) is 24.2 Å². The molecule has 2 N–H and O–H groups in total. The second-order valence-electron chi connectivity index (χ2n) is 2.88. The van der Waals surface area contributed by atoms with E-state index in [-0.39, 0.29) is 12.5 Å². The van der Waals surface area contributed by atoms with E-state index in [1.165, 1.54) is 12.8 Å². The first-order chi connectivity index (χ1) is 5.81. The first-order valence-corrected chi connectivity index (χ1v) is 4.68. The number of aliphatic hydroxyl groups excluding tert-OH is 1. The zero-order valence-corrected chi connectivity index (χ0v) is 7.81. The summed E-state index contributed by atoms with van der Waals surface area (Å²) in [4.78, 5) is 10.9. The molecule has 12 heavy (non-hydrogen) atoms. The highest BCUT2D eigenvalue weighted by atomic mass is 16.3. The molecule has 0 bridgehead atoms. The molecular weight excluding hydrogens is 154 g/mol. The fourth-order valence-electron chi connectivity index (χ4n) is 0.996. The Morgan fingerprint density at radius 1 is 1.33 bits per heavy atom. The molecule has 0 aliphatic heterocycles. The van der Waals surface area contributed by atoms with Crippen LogP contribution in [0.15, 0.2) is 0 Å². The molecule has 3 nitrogen and oxygen atoms in total. The van der Waals surface area contributed by atoms with Gasteiger partial charge in [0.2, 0.25) is 5.91 Å². The molecule has 0 saturated heterocycles. The third-order valence-electron chi connectivity index (χ3n) is 1.69. The lowest BCUT2D eigenvalue weighted by molar-refractivity contribution is -0.121. The van der Waals surface area contributed by atoms with E-state index in [1.807, 2.05) is 0 Å². The lowest BCUT2D eigenvalue weighted by Gasteiger charge is -2.01. The van der Waals surface area contributed by atoms with Crippen molar-refractivity contribution in [3.05, 3.63) is 0 Å². The molecule has 72 valence electrons. The van der Waals surface area contributed by atoms with E-state index in [4.69, 9.17) is 5.11 Å². The second-order valence-corrected chi connectivity index (χ2v) is 2.88. The Labute approximate surface area is 74.2 Å². The van der Waals surface area contributed by atoms with Crippen LogP contribution in [0.4, 0.5) is 0 Å². The molecular formula is C9H19NO2. The summed E-state index contributed by atoms with van der Waals surface area (Å²) in [6.45, 7) is 2.55. The molecule has 0 saturated carbocycles. The molecule has 0 aromatic rings. The van der Waals surface area contributed by atoms with Crippen molar-refractivity contribution in [2.24, 2.45) is 0 Å². The zero-order chi connectivity index (χ0) is 9.23. The smallest absolute Gasteiger partial charge is 0.220 e. The summed E-state index contributed by atoms with van der Waals surface area (Å²) >= 11 is 0. The van der Waals surface area contributed by atoms with E-state index in [0.717, 1.165) is 12.8 Å². The van der Waals surface area contributed by atoms with Crippen LogP contribution in [-0.2, 0) is 4.79 Å². The van der Waals surface area contributed by atoms with Crippen molar-refractivity contribution in [3.8, 4) is 0 Å². The van der Waals surface area contributed by atoms with Crippen molar-refractivity contribution >= 4 is 5.91 Å². The number of hydrogen-bond donors (Lipinski definition) is 2. The largest absolute Gasteiger partial charge is 0.395 e. The van der Waals surface area contributed by atoms with Crippen LogP contribution in [0.5, 0.6) is 0 Å². The highest BCUT2D eigenvalue weighted by Crippen LogP contribution is 2.01. The maximum Gasteiger partial charge on any atom is 0.220 e. The minimum absolute atomic E-state index is 0.0285. The van der Waals surface area contributed by atoms with Crippen molar-refractivity contribution in [1.29, 1.82) is 0 Å². The second kappa shape index (κ2) is 8.53. The van der Waals surface area contributed by atoms with Gasteiger partial charge in [0.1, 0.15) is 0 Å². The highest BCUT2D eigenvalue weighted by molar-refractivity contribution is 5.75. The lowest BCUT2D eigenvalue weighted by Crippen LogP contribution is -2.25. The van der Waals surface area contributed by atoms with Gasteiger partial charge in [0.25, 0.3) is 0 Å². The van der Waals surface area contributed by atoms with Gasteiger partial charge in [-0.15, -0.1) is 0 Å². The van der Waals surface area contributed by atoms with E-state index >= 15 is 0 Å². The third-order valence-corrected chi connectivity index (χ3v) is 1.69. The van der Waals surface area contributed by atoms with E-state index in [0.29, 0.717) is 13.0 Å². The minimum atomic E-state index is 0.0285. The van der Waals surface area contributed by atoms with Crippen LogP contribution < -0.4 is 5.32 Å². The quantitative estimate of drug-likeness (QED) is 0.566. The maximum atomic E-state index is 10.9. The third kappa shape index (κ3) is 7.54. The van der Waals surface area contributed by atoms with Gasteiger partial charge in [0, 0.05) is 13.0 Å². The lowest BCUT2D eigenvalue weighted by atomic mass is 10.1. The van der Waals surface area contributed by atoms with Gasteiger partial charge in [-0.2, -0.15) is 0 Å². The van der Waals surface area contributed by atoms with Gasteiger partial charge < -0.3 is 10.4 Å². The molecule has 1 amide bonds. The SMILES string of the molecule is CCCCCCC(=O)NCCO. The Morgan fingerprint density at radius 2 is 2.08 bits per heavy atom. The predicted molar refractivity (Wildman–Crippen MR) is 48.9 cm³/mol. The number of aliphatic hydroxyl groups is 1. The van der Waals surface area contributed by atoms with Crippen LogP contribution in [0.25, 0.3) is 0 Å². The number of rotatable bonds is 7. The van der Waals surface area contributed by atoms with Crippen molar-refractivity contribution in [1.82, 2.24) is 5.32 Å². The molecule has 0 unspecified atom stereocenters. The maximum absolute atomic E-state index is 10.9. The molecule has 0 aromatic heterocycles. The predicted octanol–water partition coefficient (Wildman–Crippen LogP) is 1.07. The average molecular weight is 173 g/mol. The number of carbonyl (C=O) groups is 1. The zero-order valence-electron chi connectivity index (χ0n) is 7.81. The fraction of sp³-hybridized carbons (Fsp3) is 0.889. The number of nitrogens with one attached hydrogen (secondary N) is 1. The number of carbonyl (C=O) groups excluding carboxylic acids is 1. The molecule has 0 fully saturated rings. The molecule has 0 aromatic carbocycles. The van der Waals surface area contributed by atoms with E-state index in [1.54, 1.807) is 0 Å². The standard InChI is InChI=1S/C9H19NO2/c1-2-3-4-5-6-9(12)10-7-8-11/h11H,2-8H2,1H3,(H,10,12). The van der Waals surface area contributed by atoms with E-state index in [9.17, 15) is 4.79 Å². The average Bonchev–Trinajstić information content (AvgIpc) is 2.09. The molecule has 0 rings (SSSR count). The van der Waals surface area contributed by atoms with Gasteiger partial charge >= 0.3 is 0 Å². The van der Waals surface area contributed by atoms with E-state index < -0.39 is 0 Å². The minimum Gasteiger partial charge on any atom is -0.395 e. The summed E-state index contributed by atoms with van der Waals surface area (Å²) in [6.07, 6.45) is 5.08. The molecule has 0 spiro atoms. The molecule has 0 aliphatic rings. The van der Waals surface area contributed by atoms with Crippen LogP contribution in [0.1, 0.15) is 39.0 Å². The Balaban J connectivity index is 3.08. The normalized spacial score (nSPS) is 9.83. The van der Waals surface area contributed by atoms with Crippen LogP contribution in [0, 0.1) is 0 Å². The number of amides is 1. The van der Waals surface area contributed by atoms with Crippen LogP contribution in [0.3, 0.4) is 0 Å². The molecule has 0 heterocycles. The summed E-state index contributed by atoms with van der Waals surface area (Å²) in [5.74, 6) is 0.0557. The van der Waals surface area contributed by atoms with Crippen molar-refractivity contribution < 1.29 is 9.90 Å². The molecule has 0 radical (unpaired) electrons. The highest BCUT2D eigenvalue weighted by Gasteiger charge is 1.98. The number of hydrogen-bond acceptors (Lipinski definition) is 2. The topological polar surface area (TPSA) is 49.3 Å². The van der Waals surface area contributed by atoms with E-state index in [2.05, 4.69) is 12.2 Å². The Morgan fingerprint density at radius 3 is 2.67 bits per heavy atom. The van der Waals surface area contributed by atoms with Gasteiger partial charge in [0.05, 0.1) is 6.61 Å². The molecule has 0 aliphatic carbocycles.